The van der Waals surface area contributed by atoms with E-state index in [1.165, 1.54) is 12.1 Å². The van der Waals surface area contributed by atoms with Crippen LogP contribution in [0.15, 0.2) is 24.3 Å². The molecule has 5 heteroatoms. The van der Waals surface area contributed by atoms with E-state index >= 15 is 0 Å². The van der Waals surface area contributed by atoms with Crippen molar-refractivity contribution in [3.8, 4) is 0 Å². The number of carbonyl (C=O) groups is 1. The van der Waals surface area contributed by atoms with E-state index in [-0.39, 0.29) is 11.7 Å². The fourth-order valence-electron chi connectivity index (χ4n) is 2.04. The van der Waals surface area contributed by atoms with Gasteiger partial charge in [-0.05, 0) is 50.1 Å². The van der Waals surface area contributed by atoms with E-state index in [2.05, 4.69) is 10.2 Å². The van der Waals surface area contributed by atoms with Crippen LogP contribution in [-0.2, 0) is 4.79 Å². The minimum atomic E-state index is -0.305. The first kappa shape index (κ1) is 14.0. The zero-order chi connectivity index (χ0) is 13.7. The molecular formula is C14H20FN3O. The minimum absolute atomic E-state index is 0.0597. The third-order valence-corrected chi connectivity index (χ3v) is 3.19. The molecule has 1 aliphatic carbocycles. The molecule has 0 heterocycles. The zero-order valence-corrected chi connectivity index (χ0v) is 10.9. The van der Waals surface area contributed by atoms with Crippen LogP contribution in [0.2, 0.25) is 0 Å². The predicted octanol–water partition coefficient (Wildman–Crippen LogP) is 1.58. The number of halogens is 1. The van der Waals surface area contributed by atoms with E-state index in [1.54, 1.807) is 12.1 Å². The summed E-state index contributed by atoms with van der Waals surface area (Å²) in [5.41, 5.74) is 6.13. The lowest BCUT2D eigenvalue weighted by Crippen LogP contribution is -2.36. The third-order valence-electron chi connectivity index (χ3n) is 3.19. The molecule has 19 heavy (non-hydrogen) atoms. The van der Waals surface area contributed by atoms with Crippen LogP contribution in [0.25, 0.3) is 0 Å². The largest absolute Gasteiger partial charge is 0.330 e. The summed E-state index contributed by atoms with van der Waals surface area (Å²) in [5, 5.41) is 2.78. The fraction of sp³-hybridized carbons (Fsp3) is 0.500. The first-order chi connectivity index (χ1) is 9.19. The van der Waals surface area contributed by atoms with E-state index < -0.39 is 0 Å². The van der Waals surface area contributed by atoms with Crippen molar-refractivity contribution in [2.75, 3.05) is 25.0 Å². The predicted molar refractivity (Wildman–Crippen MR) is 73.3 cm³/mol. The Morgan fingerprint density at radius 2 is 2.05 bits per heavy atom. The molecule has 1 fully saturated rings. The Morgan fingerprint density at radius 1 is 1.37 bits per heavy atom. The summed E-state index contributed by atoms with van der Waals surface area (Å²) in [7, 11) is 0. The maximum atomic E-state index is 12.8. The van der Waals surface area contributed by atoms with Gasteiger partial charge in [-0.3, -0.25) is 9.69 Å². The van der Waals surface area contributed by atoms with E-state index in [4.69, 9.17) is 5.73 Å². The Labute approximate surface area is 112 Å². The van der Waals surface area contributed by atoms with Crippen molar-refractivity contribution in [1.82, 2.24) is 4.90 Å². The van der Waals surface area contributed by atoms with Gasteiger partial charge in [0.25, 0.3) is 0 Å². The molecule has 1 saturated carbocycles. The number of nitrogens with two attached hydrogens (primary N) is 1. The van der Waals surface area contributed by atoms with Gasteiger partial charge in [-0.25, -0.2) is 4.39 Å². The van der Waals surface area contributed by atoms with Gasteiger partial charge < -0.3 is 11.1 Å². The van der Waals surface area contributed by atoms with Crippen molar-refractivity contribution in [3.05, 3.63) is 30.1 Å². The number of rotatable bonds is 7. The number of anilines is 1. The van der Waals surface area contributed by atoms with Gasteiger partial charge in [0.05, 0.1) is 6.54 Å². The number of hydrogen-bond acceptors (Lipinski definition) is 3. The molecule has 1 amide bonds. The van der Waals surface area contributed by atoms with Gasteiger partial charge in [0.1, 0.15) is 5.82 Å². The maximum absolute atomic E-state index is 12.8. The molecular weight excluding hydrogens is 245 g/mol. The summed E-state index contributed by atoms with van der Waals surface area (Å²) in [5.74, 6) is -0.365. The fourth-order valence-corrected chi connectivity index (χ4v) is 2.04. The van der Waals surface area contributed by atoms with Crippen LogP contribution in [0.5, 0.6) is 0 Å². The quantitative estimate of drug-likeness (QED) is 0.787. The van der Waals surface area contributed by atoms with Crippen LogP contribution in [0.1, 0.15) is 19.3 Å². The molecule has 0 bridgehead atoms. The first-order valence-electron chi connectivity index (χ1n) is 6.68. The number of nitrogens with one attached hydrogen (secondary N) is 1. The summed E-state index contributed by atoms with van der Waals surface area (Å²) < 4.78 is 12.8. The molecule has 104 valence electrons. The molecule has 0 spiro atoms. The number of benzene rings is 1. The summed E-state index contributed by atoms with van der Waals surface area (Å²) >= 11 is 0. The Balaban J connectivity index is 1.83. The minimum Gasteiger partial charge on any atom is -0.330 e. The van der Waals surface area contributed by atoms with E-state index in [1.807, 2.05) is 0 Å². The van der Waals surface area contributed by atoms with Crippen LogP contribution in [0.3, 0.4) is 0 Å². The van der Waals surface area contributed by atoms with Crippen LogP contribution >= 0.6 is 0 Å². The Hall–Kier alpha value is -1.46. The van der Waals surface area contributed by atoms with Gasteiger partial charge in [0.15, 0.2) is 0 Å². The highest BCUT2D eigenvalue weighted by Crippen LogP contribution is 2.26. The van der Waals surface area contributed by atoms with Crippen molar-refractivity contribution < 1.29 is 9.18 Å². The topological polar surface area (TPSA) is 58.4 Å². The summed E-state index contributed by atoms with van der Waals surface area (Å²) in [4.78, 5) is 14.1. The lowest BCUT2D eigenvalue weighted by molar-refractivity contribution is -0.117. The van der Waals surface area contributed by atoms with E-state index in [9.17, 15) is 9.18 Å². The number of carbonyl (C=O) groups excluding carboxylic acids is 1. The van der Waals surface area contributed by atoms with Gasteiger partial charge in [0, 0.05) is 18.3 Å². The standard InChI is InChI=1S/C14H20FN3O/c15-11-2-4-12(5-3-11)17-14(19)10-18(9-1-8-16)13-6-7-13/h2-5,13H,1,6-10,16H2,(H,17,19). The summed E-state index contributed by atoms with van der Waals surface area (Å²) in [6, 6.07) is 6.33. The molecule has 1 aromatic carbocycles. The molecule has 0 aromatic heterocycles. The highest BCUT2D eigenvalue weighted by Gasteiger charge is 2.29. The van der Waals surface area contributed by atoms with Crippen LogP contribution in [0.4, 0.5) is 10.1 Å². The first-order valence-corrected chi connectivity index (χ1v) is 6.68. The third kappa shape index (κ3) is 4.61. The van der Waals surface area contributed by atoms with E-state index in [0.717, 1.165) is 25.8 Å². The van der Waals surface area contributed by atoms with Gasteiger partial charge in [0.2, 0.25) is 5.91 Å². The SMILES string of the molecule is NCCCN(CC(=O)Nc1ccc(F)cc1)C1CC1. The van der Waals surface area contributed by atoms with Crippen molar-refractivity contribution in [2.24, 2.45) is 5.73 Å². The number of hydrogen-bond donors (Lipinski definition) is 2. The molecule has 0 unspecified atom stereocenters. The molecule has 1 aliphatic rings. The average molecular weight is 265 g/mol. The molecule has 0 saturated heterocycles. The molecule has 0 atom stereocenters. The van der Waals surface area contributed by atoms with Crippen LogP contribution in [-0.4, -0.2) is 36.5 Å². The van der Waals surface area contributed by atoms with Crippen molar-refractivity contribution in [3.63, 3.8) is 0 Å². The molecule has 3 N–H and O–H groups in total. The summed E-state index contributed by atoms with van der Waals surface area (Å²) in [6.07, 6.45) is 3.23. The van der Waals surface area contributed by atoms with Gasteiger partial charge >= 0.3 is 0 Å². The average Bonchev–Trinajstić information content (AvgIpc) is 3.21. The van der Waals surface area contributed by atoms with E-state index in [0.29, 0.717) is 24.8 Å². The van der Waals surface area contributed by atoms with Crippen molar-refractivity contribution in [2.45, 2.75) is 25.3 Å². The second-order valence-corrected chi connectivity index (χ2v) is 4.90. The molecule has 1 aromatic rings. The number of nitrogens with zero attached hydrogens (tertiary/aromatic N) is 1. The molecule has 2 rings (SSSR count). The molecule has 0 aliphatic heterocycles. The lowest BCUT2D eigenvalue weighted by atomic mass is 10.3. The second kappa shape index (κ2) is 6.63. The Kier molecular flexibility index (Phi) is 4.87. The van der Waals surface area contributed by atoms with Crippen LogP contribution < -0.4 is 11.1 Å². The van der Waals surface area contributed by atoms with Crippen LogP contribution in [0, 0.1) is 5.82 Å². The normalized spacial score (nSPS) is 14.7. The highest BCUT2D eigenvalue weighted by atomic mass is 19.1. The van der Waals surface area contributed by atoms with Crippen molar-refractivity contribution >= 4 is 11.6 Å². The lowest BCUT2D eigenvalue weighted by Gasteiger charge is -2.20. The monoisotopic (exact) mass is 265 g/mol. The van der Waals surface area contributed by atoms with Gasteiger partial charge in [-0.1, -0.05) is 0 Å². The molecule has 4 nitrogen and oxygen atoms in total. The number of amides is 1. The van der Waals surface area contributed by atoms with Crippen molar-refractivity contribution in [1.29, 1.82) is 0 Å². The molecule has 0 radical (unpaired) electrons. The summed E-state index contributed by atoms with van der Waals surface area (Å²) in [6.45, 7) is 1.88. The smallest absolute Gasteiger partial charge is 0.238 e. The highest BCUT2D eigenvalue weighted by molar-refractivity contribution is 5.92. The zero-order valence-electron chi connectivity index (χ0n) is 10.9. The van der Waals surface area contributed by atoms with Gasteiger partial charge in [-0.15, -0.1) is 0 Å². The van der Waals surface area contributed by atoms with Gasteiger partial charge in [-0.2, -0.15) is 0 Å². The second-order valence-electron chi connectivity index (χ2n) is 4.90. The Morgan fingerprint density at radius 3 is 2.63 bits per heavy atom. The maximum Gasteiger partial charge on any atom is 0.238 e. The Bertz CT molecular complexity index is 417.